The van der Waals surface area contributed by atoms with E-state index in [9.17, 15) is 4.79 Å². The van der Waals surface area contributed by atoms with Gasteiger partial charge in [0, 0.05) is 24.7 Å². The van der Waals surface area contributed by atoms with Crippen LogP contribution in [0.3, 0.4) is 0 Å². The Hall–Kier alpha value is -0.520. The summed E-state index contributed by atoms with van der Waals surface area (Å²) in [4.78, 5) is 13.4. The van der Waals surface area contributed by atoms with Gasteiger partial charge in [0.05, 0.1) is 12.6 Å². The molecule has 1 amide bonds. The molecule has 1 saturated heterocycles. The van der Waals surface area contributed by atoms with Gasteiger partial charge >= 0.3 is 0 Å². The van der Waals surface area contributed by atoms with Crippen LogP contribution in [0.1, 0.15) is 0 Å². The predicted octanol–water partition coefficient (Wildman–Crippen LogP) is -0.344. The van der Waals surface area contributed by atoms with Crippen molar-refractivity contribution in [1.29, 1.82) is 0 Å². The Kier molecular flexibility index (Phi) is 5.00. The summed E-state index contributed by atoms with van der Waals surface area (Å²) in [5, 5.41) is 11.9. The van der Waals surface area contributed by atoms with Crippen molar-refractivity contribution < 1.29 is 9.90 Å². The highest BCUT2D eigenvalue weighted by atomic mass is 32.2. The number of nitrogens with one attached hydrogen (secondary N) is 1. The molecule has 0 spiro atoms. The third-order valence-electron chi connectivity index (χ3n) is 2.05. The minimum Gasteiger partial charge on any atom is -0.395 e. The molecule has 0 bridgehead atoms. The smallest absolute Gasteiger partial charge is 0.240 e. The zero-order valence-corrected chi connectivity index (χ0v) is 8.92. The largest absolute Gasteiger partial charge is 0.395 e. The molecule has 1 atom stereocenters. The molecule has 0 aliphatic carbocycles. The first-order valence-electron chi connectivity index (χ1n) is 4.61. The van der Waals surface area contributed by atoms with Crippen molar-refractivity contribution in [1.82, 2.24) is 10.2 Å². The Balaban J connectivity index is 2.47. The highest BCUT2D eigenvalue weighted by molar-refractivity contribution is 7.99. The van der Waals surface area contributed by atoms with Gasteiger partial charge in [-0.2, -0.15) is 0 Å². The van der Waals surface area contributed by atoms with E-state index in [0.717, 1.165) is 11.6 Å². The molecule has 0 radical (unpaired) electrons. The molecule has 1 fully saturated rings. The van der Waals surface area contributed by atoms with Gasteiger partial charge in [0.25, 0.3) is 0 Å². The SMILES string of the molecule is C=CCN(CCO)C(=O)C1CSCN1. The lowest BCUT2D eigenvalue weighted by Gasteiger charge is -2.23. The van der Waals surface area contributed by atoms with E-state index >= 15 is 0 Å². The minimum atomic E-state index is -0.0912. The van der Waals surface area contributed by atoms with E-state index in [4.69, 9.17) is 5.11 Å². The van der Waals surface area contributed by atoms with E-state index in [1.165, 1.54) is 0 Å². The maximum Gasteiger partial charge on any atom is 0.240 e. The van der Waals surface area contributed by atoms with Crippen molar-refractivity contribution in [2.75, 3.05) is 31.3 Å². The van der Waals surface area contributed by atoms with Crippen LogP contribution in [0.4, 0.5) is 0 Å². The van der Waals surface area contributed by atoms with Crippen LogP contribution >= 0.6 is 11.8 Å². The maximum absolute atomic E-state index is 11.8. The summed E-state index contributed by atoms with van der Waals surface area (Å²) in [5.41, 5.74) is 0. The summed E-state index contributed by atoms with van der Waals surface area (Å²) in [7, 11) is 0. The molecule has 0 aromatic heterocycles. The number of hydrogen-bond donors (Lipinski definition) is 2. The molecule has 1 heterocycles. The van der Waals surface area contributed by atoms with Crippen LogP contribution < -0.4 is 5.32 Å². The summed E-state index contributed by atoms with van der Waals surface area (Å²) in [6.07, 6.45) is 1.68. The van der Waals surface area contributed by atoms with Gasteiger partial charge < -0.3 is 10.0 Å². The fourth-order valence-corrected chi connectivity index (χ4v) is 2.28. The Morgan fingerprint density at radius 3 is 3.07 bits per heavy atom. The molecule has 4 nitrogen and oxygen atoms in total. The van der Waals surface area contributed by atoms with Crippen LogP contribution in [0.5, 0.6) is 0 Å². The van der Waals surface area contributed by atoms with Gasteiger partial charge in [0.2, 0.25) is 5.91 Å². The summed E-state index contributed by atoms with van der Waals surface area (Å²) in [6, 6.07) is -0.0912. The van der Waals surface area contributed by atoms with Crippen LogP contribution in [0.25, 0.3) is 0 Å². The van der Waals surface area contributed by atoms with Gasteiger partial charge in [0.15, 0.2) is 0 Å². The summed E-state index contributed by atoms with van der Waals surface area (Å²) in [6.45, 7) is 4.47. The molecule has 1 unspecified atom stereocenters. The average Bonchev–Trinajstić information content (AvgIpc) is 2.69. The fourth-order valence-electron chi connectivity index (χ4n) is 1.34. The molecule has 1 rings (SSSR count). The number of aliphatic hydroxyl groups excluding tert-OH is 1. The quantitative estimate of drug-likeness (QED) is 0.617. The lowest BCUT2D eigenvalue weighted by Crippen LogP contribution is -2.46. The van der Waals surface area contributed by atoms with Gasteiger partial charge in [0.1, 0.15) is 0 Å². The van der Waals surface area contributed by atoms with Crippen molar-refractivity contribution in [3.05, 3.63) is 12.7 Å². The number of carbonyl (C=O) groups excluding carboxylic acids is 1. The Labute approximate surface area is 88.4 Å². The maximum atomic E-state index is 11.8. The monoisotopic (exact) mass is 216 g/mol. The predicted molar refractivity (Wildman–Crippen MR) is 58.1 cm³/mol. The van der Waals surface area contributed by atoms with Crippen molar-refractivity contribution >= 4 is 17.7 Å². The highest BCUT2D eigenvalue weighted by Gasteiger charge is 2.26. The molecular formula is C9H16N2O2S. The third kappa shape index (κ3) is 3.01. The van der Waals surface area contributed by atoms with E-state index in [1.807, 2.05) is 0 Å². The lowest BCUT2D eigenvalue weighted by atomic mass is 10.3. The number of nitrogens with zero attached hydrogens (tertiary/aromatic N) is 1. The number of hydrogen-bond acceptors (Lipinski definition) is 4. The third-order valence-corrected chi connectivity index (χ3v) is 2.99. The highest BCUT2D eigenvalue weighted by Crippen LogP contribution is 2.11. The number of amides is 1. The molecule has 14 heavy (non-hydrogen) atoms. The molecule has 1 aliphatic rings. The topological polar surface area (TPSA) is 52.6 Å². The second-order valence-electron chi connectivity index (χ2n) is 3.07. The second kappa shape index (κ2) is 6.06. The van der Waals surface area contributed by atoms with Gasteiger partial charge in [-0.3, -0.25) is 10.1 Å². The Morgan fingerprint density at radius 1 is 1.79 bits per heavy atom. The summed E-state index contributed by atoms with van der Waals surface area (Å²) in [5.74, 6) is 1.71. The zero-order chi connectivity index (χ0) is 10.4. The number of carbonyl (C=O) groups is 1. The van der Waals surface area contributed by atoms with E-state index in [2.05, 4.69) is 11.9 Å². The summed E-state index contributed by atoms with van der Waals surface area (Å²) >= 11 is 1.72. The van der Waals surface area contributed by atoms with E-state index in [0.29, 0.717) is 13.1 Å². The first kappa shape index (κ1) is 11.6. The normalized spacial score (nSPS) is 20.8. The van der Waals surface area contributed by atoms with Crippen molar-refractivity contribution in [2.45, 2.75) is 6.04 Å². The standard InChI is InChI=1S/C9H16N2O2S/c1-2-3-11(4-5-12)9(13)8-6-14-7-10-8/h2,8,10,12H,1,3-7H2. The lowest BCUT2D eigenvalue weighted by molar-refractivity contribution is -0.132. The fraction of sp³-hybridized carbons (Fsp3) is 0.667. The van der Waals surface area contributed by atoms with E-state index < -0.39 is 0 Å². The molecule has 0 aromatic carbocycles. The number of rotatable bonds is 5. The molecule has 1 aliphatic heterocycles. The van der Waals surface area contributed by atoms with Crippen molar-refractivity contribution in [3.8, 4) is 0 Å². The summed E-state index contributed by atoms with van der Waals surface area (Å²) < 4.78 is 0. The minimum absolute atomic E-state index is 0.000553. The van der Waals surface area contributed by atoms with Crippen molar-refractivity contribution in [2.24, 2.45) is 0 Å². The van der Waals surface area contributed by atoms with Crippen LogP contribution in [0, 0.1) is 0 Å². The average molecular weight is 216 g/mol. The Morgan fingerprint density at radius 2 is 2.57 bits per heavy atom. The number of thioether (sulfide) groups is 1. The van der Waals surface area contributed by atoms with Gasteiger partial charge in [-0.25, -0.2) is 0 Å². The van der Waals surface area contributed by atoms with Crippen LogP contribution in [0.2, 0.25) is 0 Å². The molecule has 5 heteroatoms. The van der Waals surface area contributed by atoms with E-state index in [1.54, 1.807) is 22.7 Å². The van der Waals surface area contributed by atoms with Gasteiger partial charge in [-0.05, 0) is 0 Å². The van der Waals surface area contributed by atoms with E-state index in [-0.39, 0.29) is 18.6 Å². The Bertz CT molecular complexity index is 205. The molecule has 0 aromatic rings. The molecule has 80 valence electrons. The van der Waals surface area contributed by atoms with Gasteiger partial charge in [-0.1, -0.05) is 6.08 Å². The van der Waals surface area contributed by atoms with Crippen LogP contribution in [-0.2, 0) is 4.79 Å². The molecular weight excluding hydrogens is 200 g/mol. The number of aliphatic hydroxyl groups is 1. The first-order chi connectivity index (χ1) is 6.79. The van der Waals surface area contributed by atoms with Gasteiger partial charge in [-0.15, -0.1) is 18.3 Å². The zero-order valence-electron chi connectivity index (χ0n) is 8.11. The van der Waals surface area contributed by atoms with Crippen molar-refractivity contribution in [3.63, 3.8) is 0 Å². The molecule has 0 saturated carbocycles. The van der Waals surface area contributed by atoms with Crippen LogP contribution in [0.15, 0.2) is 12.7 Å². The first-order valence-corrected chi connectivity index (χ1v) is 5.76. The van der Waals surface area contributed by atoms with Crippen LogP contribution in [-0.4, -0.2) is 53.3 Å². The molecule has 2 N–H and O–H groups in total. The second-order valence-corrected chi connectivity index (χ2v) is 4.10.